The van der Waals surface area contributed by atoms with Crippen LogP contribution in [0, 0.1) is 5.82 Å². The zero-order valence-corrected chi connectivity index (χ0v) is 17.1. The molecule has 2 unspecified atom stereocenters. The number of aromatic nitrogens is 2. The van der Waals surface area contributed by atoms with E-state index in [1.165, 1.54) is 6.07 Å². The Labute approximate surface area is 177 Å². The van der Waals surface area contributed by atoms with Gasteiger partial charge in [0.05, 0.1) is 17.6 Å². The predicted octanol–water partition coefficient (Wildman–Crippen LogP) is 4.79. The lowest BCUT2D eigenvalue weighted by Gasteiger charge is -2.32. The molecule has 2 aliphatic heterocycles. The lowest BCUT2D eigenvalue weighted by molar-refractivity contribution is -0.139. The van der Waals surface area contributed by atoms with Crippen LogP contribution in [0.3, 0.4) is 0 Å². The molecule has 2 aromatic heterocycles. The highest BCUT2D eigenvalue weighted by Crippen LogP contribution is 2.46. The van der Waals surface area contributed by atoms with Crippen molar-refractivity contribution in [1.29, 1.82) is 0 Å². The number of pyridine rings is 1. The van der Waals surface area contributed by atoms with Crippen molar-refractivity contribution in [2.24, 2.45) is 0 Å². The molecule has 5 rings (SSSR count). The number of nitrogens with zero attached hydrogens (tertiary/aromatic N) is 3. The lowest BCUT2D eigenvalue weighted by Crippen LogP contribution is -2.33. The van der Waals surface area contributed by atoms with Crippen molar-refractivity contribution in [3.63, 3.8) is 0 Å². The third-order valence-corrected chi connectivity index (χ3v) is 6.70. The van der Waals surface area contributed by atoms with Crippen molar-refractivity contribution in [3.05, 3.63) is 64.9 Å². The van der Waals surface area contributed by atoms with Gasteiger partial charge >= 0.3 is 6.18 Å². The van der Waals surface area contributed by atoms with Gasteiger partial charge in [-0.05, 0) is 44.5 Å². The first-order valence-electron chi connectivity index (χ1n) is 10.5. The summed E-state index contributed by atoms with van der Waals surface area (Å²) in [4.78, 5) is 6.29. The Balaban J connectivity index is 1.73. The van der Waals surface area contributed by atoms with Gasteiger partial charge in [0.25, 0.3) is 0 Å². The second kappa shape index (κ2) is 7.03. The van der Waals surface area contributed by atoms with Crippen molar-refractivity contribution >= 4 is 10.9 Å². The van der Waals surface area contributed by atoms with E-state index < -0.39 is 23.2 Å². The summed E-state index contributed by atoms with van der Waals surface area (Å²) >= 11 is 0. The van der Waals surface area contributed by atoms with Gasteiger partial charge in [-0.25, -0.2) is 4.39 Å². The second-order valence-electron chi connectivity index (χ2n) is 8.73. The second-order valence-corrected chi connectivity index (χ2v) is 8.73. The van der Waals surface area contributed by atoms with Gasteiger partial charge in [0, 0.05) is 53.6 Å². The fourth-order valence-electron chi connectivity index (χ4n) is 5.26. The van der Waals surface area contributed by atoms with E-state index in [4.69, 9.17) is 0 Å². The number of hydrogen-bond donors (Lipinski definition) is 1. The summed E-state index contributed by atoms with van der Waals surface area (Å²) in [6.07, 6.45) is 0.739. The molecule has 0 radical (unpaired) electrons. The molecule has 4 heterocycles. The molecule has 0 spiro atoms. The van der Waals surface area contributed by atoms with Crippen molar-refractivity contribution in [2.75, 3.05) is 13.1 Å². The van der Waals surface area contributed by atoms with Crippen LogP contribution >= 0.6 is 0 Å². The Kier molecular flexibility index (Phi) is 4.64. The molecule has 1 aromatic carbocycles. The highest BCUT2D eigenvalue weighted by molar-refractivity contribution is 5.88. The Morgan fingerprint density at radius 1 is 1.19 bits per heavy atom. The number of halogens is 4. The predicted molar refractivity (Wildman–Crippen MR) is 108 cm³/mol. The summed E-state index contributed by atoms with van der Waals surface area (Å²) in [6, 6.07) is 5.54. The largest absolute Gasteiger partial charge is 0.419 e. The van der Waals surface area contributed by atoms with Gasteiger partial charge in [-0.15, -0.1) is 0 Å². The fourth-order valence-corrected chi connectivity index (χ4v) is 5.26. The van der Waals surface area contributed by atoms with Crippen molar-refractivity contribution < 1.29 is 22.7 Å². The maximum Gasteiger partial charge on any atom is 0.419 e. The summed E-state index contributed by atoms with van der Waals surface area (Å²) < 4.78 is 57.6. The molecule has 3 aromatic rings. The molecule has 1 fully saturated rings. The number of hydrogen-bond acceptors (Lipinski definition) is 3. The van der Waals surface area contributed by atoms with Crippen molar-refractivity contribution in [1.82, 2.24) is 14.5 Å². The van der Waals surface area contributed by atoms with E-state index in [0.29, 0.717) is 23.1 Å². The first-order chi connectivity index (χ1) is 14.7. The molecule has 0 saturated carbocycles. The van der Waals surface area contributed by atoms with Crippen LogP contribution < -0.4 is 0 Å². The minimum Gasteiger partial charge on any atom is -0.384 e. The maximum atomic E-state index is 15.4. The summed E-state index contributed by atoms with van der Waals surface area (Å²) in [5, 5.41) is 11.3. The third kappa shape index (κ3) is 3.24. The van der Waals surface area contributed by atoms with Crippen LogP contribution in [0.4, 0.5) is 17.6 Å². The lowest BCUT2D eigenvalue weighted by atomic mass is 9.94. The molecule has 4 nitrogen and oxygen atoms in total. The normalized spacial score (nSPS) is 21.2. The van der Waals surface area contributed by atoms with Gasteiger partial charge in [0.2, 0.25) is 0 Å². The molecular formula is C23H23F4N3O. The third-order valence-electron chi connectivity index (χ3n) is 6.70. The number of aliphatic hydroxyl groups is 1. The van der Waals surface area contributed by atoms with E-state index in [-0.39, 0.29) is 18.0 Å². The molecule has 0 bridgehead atoms. The smallest absolute Gasteiger partial charge is 0.384 e. The maximum absolute atomic E-state index is 15.4. The Hall–Kier alpha value is -2.45. The van der Waals surface area contributed by atoms with Gasteiger partial charge < -0.3 is 9.67 Å². The zero-order valence-electron chi connectivity index (χ0n) is 17.1. The number of alkyl halides is 3. The Bertz CT molecular complexity index is 1140. The van der Waals surface area contributed by atoms with E-state index in [1.807, 2.05) is 4.57 Å². The Morgan fingerprint density at radius 3 is 2.71 bits per heavy atom. The molecular weight excluding hydrogens is 410 g/mol. The summed E-state index contributed by atoms with van der Waals surface area (Å²) in [5.41, 5.74) is -0.0939. The van der Waals surface area contributed by atoms with Crippen molar-refractivity contribution in [3.8, 4) is 0 Å². The first kappa shape index (κ1) is 20.5. The van der Waals surface area contributed by atoms with E-state index in [9.17, 15) is 18.3 Å². The van der Waals surface area contributed by atoms with Crippen LogP contribution in [0.1, 0.15) is 48.2 Å². The molecule has 0 aliphatic carbocycles. The quantitative estimate of drug-likeness (QED) is 0.604. The summed E-state index contributed by atoms with van der Waals surface area (Å²) in [6.45, 7) is 3.39. The highest BCUT2D eigenvalue weighted by Gasteiger charge is 2.41. The van der Waals surface area contributed by atoms with Crippen LogP contribution in [-0.2, 0) is 24.7 Å². The highest BCUT2D eigenvalue weighted by atomic mass is 19.4. The van der Waals surface area contributed by atoms with Crippen LogP contribution in [0.5, 0.6) is 0 Å². The minimum absolute atomic E-state index is 0.0448. The molecule has 164 valence electrons. The molecule has 2 aliphatic rings. The van der Waals surface area contributed by atoms with Crippen LogP contribution in [0.25, 0.3) is 10.9 Å². The zero-order chi connectivity index (χ0) is 22.0. The van der Waals surface area contributed by atoms with Gasteiger partial charge in [-0.3, -0.25) is 9.88 Å². The van der Waals surface area contributed by atoms with Crippen LogP contribution in [0.15, 0.2) is 36.7 Å². The van der Waals surface area contributed by atoms with E-state index in [0.717, 1.165) is 37.7 Å². The van der Waals surface area contributed by atoms with Gasteiger partial charge in [0.1, 0.15) is 11.4 Å². The summed E-state index contributed by atoms with van der Waals surface area (Å²) in [7, 11) is 0. The molecule has 1 N–H and O–H groups in total. The van der Waals surface area contributed by atoms with Gasteiger partial charge in [-0.2, -0.15) is 13.2 Å². The Morgan fingerprint density at radius 2 is 2.00 bits per heavy atom. The van der Waals surface area contributed by atoms with Crippen LogP contribution in [-0.4, -0.2) is 32.6 Å². The van der Waals surface area contributed by atoms with E-state index >= 15 is 4.39 Å². The molecule has 1 saturated heterocycles. The van der Waals surface area contributed by atoms with E-state index in [2.05, 4.69) is 9.88 Å². The van der Waals surface area contributed by atoms with Crippen molar-refractivity contribution in [2.45, 2.75) is 50.6 Å². The van der Waals surface area contributed by atoms with Gasteiger partial charge in [0.15, 0.2) is 0 Å². The number of benzene rings is 1. The van der Waals surface area contributed by atoms with Crippen LogP contribution in [0.2, 0.25) is 0 Å². The standard InChI is InChI=1S/C23H23F4N3O/c1-22(31,14-4-2-9-28-12-14)13-30-17-7-6-15(23(25,26)27)21(24)20(17)19-16-5-3-10-29(16)11-8-18(19)30/h2,4,6-7,9,12,16,31H,3,5,8,10-11,13H2,1H3. The first-order valence-corrected chi connectivity index (χ1v) is 10.5. The number of rotatable bonds is 3. The monoisotopic (exact) mass is 433 g/mol. The minimum atomic E-state index is -4.77. The molecule has 8 heteroatoms. The van der Waals surface area contributed by atoms with Gasteiger partial charge in [-0.1, -0.05) is 6.07 Å². The fraction of sp³-hybridized carbons (Fsp3) is 0.435. The molecule has 2 atom stereocenters. The SMILES string of the molecule is CC(O)(Cn1c2c(c3c(F)c(C(F)(F)F)ccc31)C1CCCN1CC2)c1cccnc1. The number of fused-ring (bicyclic) bond motifs is 5. The molecule has 0 amide bonds. The topological polar surface area (TPSA) is 41.3 Å². The molecule has 31 heavy (non-hydrogen) atoms. The summed E-state index contributed by atoms with van der Waals surface area (Å²) in [5.74, 6) is -1.21. The average Bonchev–Trinajstić information content (AvgIpc) is 3.31. The van der Waals surface area contributed by atoms with E-state index in [1.54, 1.807) is 31.5 Å². The average molecular weight is 433 g/mol.